The summed E-state index contributed by atoms with van der Waals surface area (Å²) in [5.74, 6) is -0.647. The predicted octanol–water partition coefficient (Wildman–Crippen LogP) is 3.27. The van der Waals surface area contributed by atoms with Gasteiger partial charge in [-0.05, 0) is 35.4 Å². The van der Waals surface area contributed by atoms with Gasteiger partial charge in [0.1, 0.15) is 0 Å². The molecular weight excluding hydrogens is 255 g/mol. The Kier molecular flexibility index (Phi) is 3.29. The molecule has 1 radical (unpaired) electrons. The molecule has 2 nitrogen and oxygen atoms in total. The minimum absolute atomic E-state index is 0.224. The standard InChI is InChI=1S/C14H9F3NO/c15-14(16,17)10-7-5-9(6-8-10)11-3-1-2-4-12(11)13(18)19/h1,3-8H,(H2,18,19). The molecule has 0 fully saturated rings. The van der Waals surface area contributed by atoms with Crippen molar-refractivity contribution in [1.82, 2.24) is 0 Å². The van der Waals surface area contributed by atoms with E-state index in [0.717, 1.165) is 12.1 Å². The number of alkyl halides is 3. The summed E-state index contributed by atoms with van der Waals surface area (Å²) >= 11 is 0. The summed E-state index contributed by atoms with van der Waals surface area (Å²) in [6.45, 7) is 0. The summed E-state index contributed by atoms with van der Waals surface area (Å²) in [7, 11) is 0. The fourth-order valence-electron chi connectivity index (χ4n) is 1.72. The molecule has 0 spiro atoms. The summed E-state index contributed by atoms with van der Waals surface area (Å²) in [5.41, 5.74) is 5.68. The first-order valence-electron chi connectivity index (χ1n) is 5.37. The smallest absolute Gasteiger partial charge is 0.366 e. The molecule has 2 rings (SSSR count). The monoisotopic (exact) mass is 264 g/mol. The minimum atomic E-state index is -4.38. The maximum Gasteiger partial charge on any atom is 0.416 e. The molecule has 2 aromatic rings. The zero-order valence-corrected chi connectivity index (χ0v) is 9.66. The lowest BCUT2D eigenvalue weighted by Crippen LogP contribution is -2.12. The maximum atomic E-state index is 12.5. The van der Waals surface area contributed by atoms with E-state index < -0.39 is 17.6 Å². The first kappa shape index (κ1) is 13.1. The highest BCUT2D eigenvalue weighted by atomic mass is 19.4. The molecule has 0 saturated carbocycles. The number of amides is 1. The van der Waals surface area contributed by atoms with Gasteiger partial charge in [0, 0.05) is 5.56 Å². The van der Waals surface area contributed by atoms with Crippen molar-refractivity contribution in [2.75, 3.05) is 0 Å². The molecule has 97 valence electrons. The van der Waals surface area contributed by atoms with Crippen molar-refractivity contribution in [3.63, 3.8) is 0 Å². The second-order valence-corrected chi connectivity index (χ2v) is 3.91. The molecule has 2 N–H and O–H groups in total. The number of carbonyl (C=O) groups is 1. The molecule has 19 heavy (non-hydrogen) atoms. The van der Waals surface area contributed by atoms with Crippen LogP contribution in [0.3, 0.4) is 0 Å². The molecule has 0 unspecified atom stereocenters. The minimum Gasteiger partial charge on any atom is -0.366 e. The number of carbonyl (C=O) groups excluding carboxylic acids is 1. The summed E-state index contributed by atoms with van der Waals surface area (Å²) in [6.07, 6.45) is -4.38. The Balaban J connectivity index is 2.46. The lowest BCUT2D eigenvalue weighted by Gasteiger charge is -2.09. The Labute approximate surface area is 107 Å². The van der Waals surface area contributed by atoms with Crippen molar-refractivity contribution < 1.29 is 18.0 Å². The molecule has 1 amide bonds. The van der Waals surface area contributed by atoms with Crippen molar-refractivity contribution in [3.05, 3.63) is 59.7 Å². The van der Waals surface area contributed by atoms with Gasteiger partial charge in [-0.25, -0.2) is 0 Å². The number of primary amides is 1. The van der Waals surface area contributed by atoms with Gasteiger partial charge < -0.3 is 5.73 Å². The molecule has 0 saturated heterocycles. The topological polar surface area (TPSA) is 43.1 Å². The van der Waals surface area contributed by atoms with Crippen LogP contribution in [-0.2, 0) is 6.18 Å². The highest BCUT2D eigenvalue weighted by Crippen LogP contribution is 2.31. The molecule has 0 aliphatic heterocycles. The molecule has 0 aromatic heterocycles. The van der Waals surface area contributed by atoms with Gasteiger partial charge in [0.25, 0.3) is 0 Å². The molecular formula is C14H9F3NO. The van der Waals surface area contributed by atoms with Crippen molar-refractivity contribution >= 4 is 5.91 Å². The quantitative estimate of drug-likeness (QED) is 0.888. The van der Waals surface area contributed by atoms with Gasteiger partial charge in [0.05, 0.1) is 5.56 Å². The van der Waals surface area contributed by atoms with Gasteiger partial charge in [0.15, 0.2) is 0 Å². The lowest BCUT2D eigenvalue weighted by molar-refractivity contribution is -0.137. The van der Waals surface area contributed by atoms with Crippen LogP contribution in [0.2, 0.25) is 0 Å². The zero-order valence-electron chi connectivity index (χ0n) is 9.66. The normalized spacial score (nSPS) is 11.3. The molecule has 0 bridgehead atoms. The van der Waals surface area contributed by atoms with Crippen LogP contribution in [0.4, 0.5) is 13.2 Å². The van der Waals surface area contributed by atoms with Gasteiger partial charge in [-0.15, -0.1) is 0 Å². The molecule has 0 aliphatic carbocycles. The summed E-state index contributed by atoms with van der Waals surface area (Å²) in [4.78, 5) is 11.2. The van der Waals surface area contributed by atoms with Gasteiger partial charge in [-0.3, -0.25) is 4.79 Å². The second-order valence-electron chi connectivity index (χ2n) is 3.91. The van der Waals surface area contributed by atoms with E-state index in [0.29, 0.717) is 11.1 Å². The SMILES string of the molecule is NC(=O)c1c[c]ccc1-c1ccc(C(F)(F)F)cc1. The first-order valence-corrected chi connectivity index (χ1v) is 5.37. The molecule has 0 aliphatic rings. The van der Waals surface area contributed by atoms with Gasteiger partial charge >= 0.3 is 6.18 Å². The number of hydrogen-bond donors (Lipinski definition) is 1. The van der Waals surface area contributed by atoms with E-state index in [9.17, 15) is 18.0 Å². The van der Waals surface area contributed by atoms with Crippen LogP contribution in [-0.4, -0.2) is 5.91 Å². The first-order chi connectivity index (χ1) is 8.89. The highest BCUT2D eigenvalue weighted by molar-refractivity contribution is 5.99. The van der Waals surface area contributed by atoms with Crippen LogP contribution in [0.1, 0.15) is 15.9 Å². The average molecular weight is 264 g/mol. The molecule has 5 heteroatoms. The van der Waals surface area contributed by atoms with Crippen LogP contribution >= 0.6 is 0 Å². The Morgan fingerprint density at radius 3 is 2.26 bits per heavy atom. The summed E-state index contributed by atoms with van der Waals surface area (Å²) in [5, 5.41) is 0. The predicted molar refractivity (Wildman–Crippen MR) is 64.2 cm³/mol. The zero-order chi connectivity index (χ0) is 14.0. The Morgan fingerprint density at radius 2 is 1.74 bits per heavy atom. The van der Waals surface area contributed by atoms with Gasteiger partial charge in [-0.1, -0.05) is 24.3 Å². The highest BCUT2D eigenvalue weighted by Gasteiger charge is 2.30. The Bertz CT molecular complexity index is 603. The largest absolute Gasteiger partial charge is 0.416 e. The lowest BCUT2D eigenvalue weighted by atomic mass is 9.98. The van der Waals surface area contributed by atoms with Crippen LogP contribution in [0.25, 0.3) is 11.1 Å². The van der Waals surface area contributed by atoms with E-state index in [1.165, 1.54) is 18.2 Å². The van der Waals surface area contributed by atoms with Crippen molar-refractivity contribution in [1.29, 1.82) is 0 Å². The Hall–Kier alpha value is -2.30. The number of nitrogens with two attached hydrogens (primary N) is 1. The molecule has 0 atom stereocenters. The van der Waals surface area contributed by atoms with Crippen molar-refractivity contribution in [2.45, 2.75) is 6.18 Å². The van der Waals surface area contributed by atoms with E-state index in [1.54, 1.807) is 12.1 Å². The van der Waals surface area contributed by atoms with Crippen LogP contribution in [0, 0.1) is 6.07 Å². The van der Waals surface area contributed by atoms with E-state index in [-0.39, 0.29) is 5.56 Å². The van der Waals surface area contributed by atoms with E-state index in [1.807, 2.05) is 0 Å². The maximum absolute atomic E-state index is 12.5. The third-order valence-corrected chi connectivity index (χ3v) is 2.65. The Morgan fingerprint density at radius 1 is 1.11 bits per heavy atom. The molecule has 0 heterocycles. The van der Waals surface area contributed by atoms with Crippen LogP contribution < -0.4 is 5.73 Å². The van der Waals surface area contributed by atoms with Crippen molar-refractivity contribution in [3.8, 4) is 11.1 Å². The van der Waals surface area contributed by atoms with Gasteiger partial charge in [0.2, 0.25) is 5.91 Å². The average Bonchev–Trinajstić information content (AvgIpc) is 2.38. The summed E-state index contributed by atoms with van der Waals surface area (Å²) in [6, 6.07) is 11.8. The number of benzene rings is 2. The second kappa shape index (κ2) is 4.76. The van der Waals surface area contributed by atoms with E-state index >= 15 is 0 Å². The van der Waals surface area contributed by atoms with E-state index in [2.05, 4.69) is 6.07 Å². The van der Waals surface area contributed by atoms with E-state index in [4.69, 9.17) is 5.73 Å². The third-order valence-electron chi connectivity index (χ3n) is 2.65. The van der Waals surface area contributed by atoms with Crippen LogP contribution in [0.5, 0.6) is 0 Å². The fourth-order valence-corrected chi connectivity index (χ4v) is 1.72. The third kappa shape index (κ3) is 2.76. The number of halogens is 3. The summed E-state index contributed by atoms with van der Waals surface area (Å²) < 4.78 is 37.4. The van der Waals surface area contributed by atoms with Gasteiger partial charge in [-0.2, -0.15) is 13.2 Å². The van der Waals surface area contributed by atoms with Crippen LogP contribution in [0.15, 0.2) is 42.5 Å². The number of hydrogen-bond acceptors (Lipinski definition) is 1. The number of rotatable bonds is 2. The van der Waals surface area contributed by atoms with Crippen molar-refractivity contribution in [2.24, 2.45) is 5.73 Å². The fraction of sp³-hybridized carbons (Fsp3) is 0.0714. The molecule has 2 aromatic carbocycles.